The molecule has 1 unspecified atom stereocenters. The summed E-state index contributed by atoms with van der Waals surface area (Å²) in [5, 5.41) is 0. The Balaban J connectivity index is 1.85. The van der Waals surface area contributed by atoms with Crippen molar-refractivity contribution in [1.29, 1.82) is 0 Å². The molecule has 2 aromatic carbocycles. The zero-order valence-electron chi connectivity index (χ0n) is 10.3. The van der Waals surface area contributed by atoms with Gasteiger partial charge in [0.25, 0.3) is 0 Å². The van der Waals surface area contributed by atoms with E-state index in [2.05, 4.69) is 4.72 Å². The van der Waals surface area contributed by atoms with Crippen molar-refractivity contribution in [2.75, 3.05) is 10.5 Å². The number of rotatable bonds is 6. The largest absolute Gasteiger partial charge is 0.376 e. The maximum absolute atomic E-state index is 11.9. The van der Waals surface area contributed by atoms with Crippen molar-refractivity contribution >= 4 is 23.0 Å². The Morgan fingerprint density at radius 1 is 1.00 bits per heavy atom. The van der Waals surface area contributed by atoms with E-state index in [0.717, 1.165) is 12.1 Å². The number of aryl methyl sites for hydroxylation is 1. The van der Waals surface area contributed by atoms with Gasteiger partial charge in [0.15, 0.2) is 0 Å². The summed E-state index contributed by atoms with van der Waals surface area (Å²) in [6, 6.07) is 16.7. The molecule has 19 heavy (non-hydrogen) atoms. The first-order valence-corrected chi connectivity index (χ1v) is 7.27. The summed E-state index contributed by atoms with van der Waals surface area (Å²) in [4.78, 5) is 10.4. The summed E-state index contributed by atoms with van der Waals surface area (Å²) in [6.07, 6.45) is 2.57. The van der Waals surface area contributed by atoms with Gasteiger partial charge in [0.05, 0.1) is 6.29 Å². The summed E-state index contributed by atoms with van der Waals surface area (Å²) in [5.74, 6) is 0.547. The first-order chi connectivity index (χ1) is 9.28. The standard InChI is InChI=1S/C15H14NO2S/c17-12-14-6-8-15(9-7-14)16-19(18)11-10-13-4-2-1-3-5-13/h1-9,16H,10-11H2/q-1. The highest BCUT2D eigenvalue weighted by atomic mass is 32.2. The molecule has 1 N–H and O–H groups in total. The van der Waals surface area contributed by atoms with E-state index in [4.69, 9.17) is 0 Å². The Labute approximate surface area is 115 Å². The van der Waals surface area contributed by atoms with Gasteiger partial charge in [0.1, 0.15) is 11.0 Å². The molecule has 2 rings (SSSR count). The Morgan fingerprint density at radius 2 is 1.68 bits per heavy atom. The zero-order chi connectivity index (χ0) is 13.5. The van der Waals surface area contributed by atoms with Crippen LogP contribution in [0, 0.1) is 0 Å². The lowest BCUT2D eigenvalue weighted by molar-refractivity contribution is 0.563. The number of nitrogens with one attached hydrogen (secondary N) is 1. The van der Waals surface area contributed by atoms with Crippen molar-refractivity contribution in [2.24, 2.45) is 0 Å². The van der Waals surface area contributed by atoms with Gasteiger partial charge in [-0.25, -0.2) is 4.21 Å². The van der Waals surface area contributed by atoms with Gasteiger partial charge in [0.2, 0.25) is 0 Å². The lowest BCUT2D eigenvalue weighted by atomic mass is 10.2. The van der Waals surface area contributed by atoms with Crippen LogP contribution in [0.1, 0.15) is 11.1 Å². The quantitative estimate of drug-likeness (QED) is 0.821. The van der Waals surface area contributed by atoms with Crippen molar-refractivity contribution in [3.63, 3.8) is 0 Å². The van der Waals surface area contributed by atoms with Crippen LogP contribution in [0.5, 0.6) is 0 Å². The van der Waals surface area contributed by atoms with Crippen LogP contribution < -0.4 is 4.72 Å². The molecule has 0 aliphatic heterocycles. The van der Waals surface area contributed by atoms with Crippen LogP contribution in [-0.4, -0.2) is 16.2 Å². The van der Waals surface area contributed by atoms with Crippen molar-refractivity contribution in [1.82, 2.24) is 0 Å². The maximum Gasteiger partial charge on any atom is 0.117 e. The third-order valence-corrected chi connectivity index (χ3v) is 3.69. The van der Waals surface area contributed by atoms with E-state index < -0.39 is 11.0 Å². The molecule has 0 saturated carbocycles. The van der Waals surface area contributed by atoms with Crippen LogP contribution in [0.15, 0.2) is 54.6 Å². The molecule has 0 aliphatic carbocycles. The molecule has 0 radical (unpaired) electrons. The van der Waals surface area contributed by atoms with E-state index >= 15 is 0 Å². The molecule has 0 spiro atoms. The molecular weight excluding hydrogens is 258 g/mol. The molecule has 3 nitrogen and oxygen atoms in total. The molecule has 0 aromatic heterocycles. The minimum Gasteiger partial charge on any atom is -0.376 e. The van der Waals surface area contributed by atoms with Gasteiger partial charge in [-0.2, -0.15) is 17.7 Å². The number of benzene rings is 2. The number of anilines is 1. The molecule has 0 amide bonds. The van der Waals surface area contributed by atoms with Gasteiger partial charge < -0.3 is 9.52 Å². The second-order valence-electron chi connectivity index (χ2n) is 4.07. The van der Waals surface area contributed by atoms with E-state index in [1.165, 1.54) is 5.56 Å². The minimum absolute atomic E-state index is 0.487. The third kappa shape index (κ3) is 4.34. The molecule has 0 bridgehead atoms. The fraction of sp³-hybridized carbons (Fsp3) is 0.133. The average molecular weight is 272 g/mol. The second-order valence-corrected chi connectivity index (χ2v) is 5.37. The summed E-state index contributed by atoms with van der Waals surface area (Å²) in [5.41, 5.74) is 2.40. The second kappa shape index (κ2) is 6.85. The molecule has 4 heteroatoms. The summed E-state index contributed by atoms with van der Waals surface area (Å²) < 4.78 is 14.8. The molecule has 2 aromatic rings. The predicted octanol–water partition coefficient (Wildman–Crippen LogP) is 2.46. The van der Waals surface area contributed by atoms with Crippen LogP contribution in [-0.2, 0) is 22.2 Å². The normalized spacial score (nSPS) is 11.8. The van der Waals surface area contributed by atoms with E-state index in [1.54, 1.807) is 30.6 Å². The molecular formula is C15H14NO2S-. The van der Waals surface area contributed by atoms with Crippen molar-refractivity contribution < 1.29 is 9.00 Å². The van der Waals surface area contributed by atoms with Crippen LogP contribution >= 0.6 is 0 Å². The molecule has 0 aliphatic rings. The Bertz CT molecular complexity index is 552. The molecule has 0 heterocycles. The number of hydrogen-bond donors (Lipinski definition) is 1. The maximum atomic E-state index is 11.9. The van der Waals surface area contributed by atoms with Gasteiger partial charge in [-0.1, -0.05) is 42.5 Å². The highest BCUT2D eigenvalue weighted by Gasteiger charge is 2.00. The Hall–Kier alpha value is -1.94. The minimum atomic E-state index is -1.13. The topological polar surface area (TPSA) is 46.2 Å². The number of hydrogen-bond acceptors (Lipinski definition) is 2. The molecule has 0 saturated heterocycles. The van der Waals surface area contributed by atoms with Gasteiger partial charge in [0, 0.05) is 11.4 Å². The van der Waals surface area contributed by atoms with Gasteiger partial charge >= 0.3 is 0 Å². The lowest BCUT2D eigenvalue weighted by Crippen LogP contribution is -2.10. The predicted molar refractivity (Wildman–Crippen MR) is 78.0 cm³/mol. The van der Waals surface area contributed by atoms with Crippen LogP contribution in [0.4, 0.5) is 5.69 Å². The zero-order valence-corrected chi connectivity index (χ0v) is 11.2. The van der Waals surface area contributed by atoms with E-state index in [0.29, 0.717) is 11.3 Å². The van der Waals surface area contributed by atoms with Crippen LogP contribution in [0.25, 0.3) is 0 Å². The Morgan fingerprint density at radius 3 is 2.32 bits per heavy atom. The van der Waals surface area contributed by atoms with E-state index in [1.807, 2.05) is 30.3 Å². The van der Waals surface area contributed by atoms with Gasteiger partial charge in [-0.15, -0.1) is 0 Å². The summed E-state index contributed by atoms with van der Waals surface area (Å²) in [6.45, 7) is 0. The van der Waals surface area contributed by atoms with E-state index in [9.17, 15) is 9.00 Å². The Kier molecular flexibility index (Phi) is 4.86. The van der Waals surface area contributed by atoms with Crippen LogP contribution in [0.3, 0.4) is 0 Å². The molecule has 1 atom stereocenters. The fourth-order valence-corrected chi connectivity index (χ4v) is 2.57. The first kappa shape index (κ1) is 13.5. The van der Waals surface area contributed by atoms with Crippen molar-refractivity contribution in [3.05, 3.63) is 65.7 Å². The first-order valence-electron chi connectivity index (χ1n) is 5.95. The average Bonchev–Trinajstić information content (AvgIpc) is 2.47. The lowest BCUT2D eigenvalue weighted by Gasteiger charge is -2.08. The molecule has 98 valence electrons. The fourth-order valence-electron chi connectivity index (χ4n) is 1.64. The number of carbonyl (C=O) groups excluding carboxylic acids is 1. The summed E-state index contributed by atoms with van der Waals surface area (Å²) in [7, 11) is -1.13. The third-order valence-electron chi connectivity index (χ3n) is 2.65. The molecule has 0 fully saturated rings. The smallest absolute Gasteiger partial charge is 0.117 e. The monoisotopic (exact) mass is 272 g/mol. The highest BCUT2D eigenvalue weighted by Crippen LogP contribution is 2.09. The van der Waals surface area contributed by atoms with Gasteiger partial charge in [-0.05, 0) is 12.0 Å². The van der Waals surface area contributed by atoms with Gasteiger partial charge in [-0.3, -0.25) is 0 Å². The van der Waals surface area contributed by atoms with Crippen molar-refractivity contribution in [2.45, 2.75) is 6.42 Å². The van der Waals surface area contributed by atoms with Crippen molar-refractivity contribution in [3.8, 4) is 0 Å². The summed E-state index contributed by atoms with van der Waals surface area (Å²) >= 11 is 0. The van der Waals surface area contributed by atoms with Crippen LogP contribution in [0.2, 0.25) is 0 Å². The highest BCUT2D eigenvalue weighted by molar-refractivity contribution is 7.86. The van der Waals surface area contributed by atoms with E-state index in [-0.39, 0.29) is 0 Å². The SMILES string of the molecule is O=[C-]c1ccc(NS(=O)CCc2ccccc2)cc1.